The van der Waals surface area contributed by atoms with E-state index in [4.69, 9.17) is 4.84 Å². The lowest BCUT2D eigenvalue weighted by molar-refractivity contribution is -0.181. The van der Waals surface area contributed by atoms with Crippen LogP contribution >= 0.6 is 0 Å². The van der Waals surface area contributed by atoms with Crippen molar-refractivity contribution in [1.29, 1.82) is 0 Å². The van der Waals surface area contributed by atoms with Gasteiger partial charge in [0.15, 0.2) is 9.84 Å². The van der Waals surface area contributed by atoms with E-state index in [-0.39, 0.29) is 11.5 Å². The first-order valence-electron chi connectivity index (χ1n) is 7.16. The van der Waals surface area contributed by atoms with Gasteiger partial charge in [0.05, 0.1) is 4.90 Å². The molecule has 0 fully saturated rings. The highest BCUT2D eigenvalue weighted by Gasteiger charge is 2.32. The van der Waals surface area contributed by atoms with E-state index in [1.54, 1.807) is 18.2 Å². The lowest BCUT2D eigenvalue weighted by Gasteiger charge is -2.21. The molecule has 0 radical (unpaired) electrons. The molecule has 5 nitrogen and oxygen atoms in total. The van der Waals surface area contributed by atoms with Gasteiger partial charge in [0.2, 0.25) is 0 Å². The van der Waals surface area contributed by atoms with Crippen molar-refractivity contribution < 1.29 is 18.0 Å². The van der Waals surface area contributed by atoms with Crippen LogP contribution in [0.25, 0.3) is 0 Å². The Hall–Kier alpha value is -2.18. The summed E-state index contributed by atoms with van der Waals surface area (Å²) < 4.78 is 24.9. The zero-order chi connectivity index (χ0) is 16.9. The molecule has 2 aromatic rings. The molecule has 1 unspecified atom stereocenters. The monoisotopic (exact) mass is 333 g/mol. The summed E-state index contributed by atoms with van der Waals surface area (Å²) in [5, 5.41) is -0.233. The second-order valence-corrected chi connectivity index (χ2v) is 7.36. The van der Waals surface area contributed by atoms with Crippen molar-refractivity contribution in [2.75, 3.05) is 7.05 Å². The van der Waals surface area contributed by atoms with Gasteiger partial charge >= 0.3 is 0 Å². The molecular formula is C17H19NO4S. The van der Waals surface area contributed by atoms with E-state index in [1.165, 1.54) is 26.1 Å². The highest BCUT2D eigenvalue weighted by atomic mass is 32.2. The summed E-state index contributed by atoms with van der Waals surface area (Å²) in [4.78, 5) is 17.8. The maximum absolute atomic E-state index is 12.4. The maximum atomic E-state index is 12.4. The molecule has 1 amide bonds. The lowest BCUT2D eigenvalue weighted by atomic mass is 10.2. The molecule has 6 heteroatoms. The number of nitrogens with zero attached hydrogens (tertiary/aromatic N) is 1. The van der Waals surface area contributed by atoms with Crippen LogP contribution in [-0.4, -0.2) is 31.7 Å². The van der Waals surface area contributed by atoms with Crippen LogP contribution < -0.4 is 0 Å². The number of carbonyl (C=O) groups is 1. The van der Waals surface area contributed by atoms with Gasteiger partial charge < -0.3 is 0 Å². The Morgan fingerprint density at radius 2 is 1.57 bits per heavy atom. The molecule has 0 bridgehead atoms. The summed E-state index contributed by atoms with van der Waals surface area (Å²) in [6.45, 7) is 1.56. The largest absolute Gasteiger partial charge is 0.271 e. The van der Waals surface area contributed by atoms with E-state index in [2.05, 4.69) is 0 Å². The fraction of sp³-hybridized carbons (Fsp3) is 0.235. The predicted octanol–water partition coefficient (Wildman–Crippen LogP) is 2.44. The molecule has 0 aliphatic heterocycles. The van der Waals surface area contributed by atoms with Crippen LogP contribution in [0.3, 0.4) is 0 Å². The van der Waals surface area contributed by atoms with E-state index < -0.39 is 21.0 Å². The van der Waals surface area contributed by atoms with Gasteiger partial charge in [-0.25, -0.2) is 13.5 Å². The quantitative estimate of drug-likeness (QED) is 0.762. The van der Waals surface area contributed by atoms with Gasteiger partial charge in [0.25, 0.3) is 5.91 Å². The van der Waals surface area contributed by atoms with Crippen LogP contribution in [-0.2, 0) is 26.1 Å². The van der Waals surface area contributed by atoms with Crippen molar-refractivity contribution in [2.45, 2.75) is 23.7 Å². The Morgan fingerprint density at radius 1 is 1.04 bits per heavy atom. The zero-order valence-electron chi connectivity index (χ0n) is 13.0. The normalized spacial score (nSPS) is 12.6. The first kappa shape index (κ1) is 17.2. The van der Waals surface area contributed by atoms with Crippen LogP contribution in [0.15, 0.2) is 65.6 Å². The molecule has 0 saturated carbocycles. The summed E-state index contributed by atoms with van der Waals surface area (Å²) >= 11 is 0. The van der Waals surface area contributed by atoms with Crippen molar-refractivity contribution >= 4 is 15.7 Å². The molecule has 0 N–H and O–H groups in total. The predicted molar refractivity (Wildman–Crippen MR) is 87.1 cm³/mol. The molecule has 0 aliphatic carbocycles. The molecule has 0 saturated heterocycles. The minimum Gasteiger partial charge on any atom is -0.271 e. The van der Waals surface area contributed by atoms with E-state index in [0.717, 1.165) is 10.6 Å². The Morgan fingerprint density at radius 3 is 2.13 bits per heavy atom. The second-order valence-electron chi connectivity index (χ2n) is 5.10. The molecule has 0 aliphatic rings. The average Bonchev–Trinajstić information content (AvgIpc) is 2.60. The summed E-state index contributed by atoms with van der Waals surface area (Å²) in [6, 6.07) is 17.3. The Labute approximate surface area is 136 Å². The van der Waals surface area contributed by atoms with Crippen LogP contribution in [0, 0.1) is 0 Å². The van der Waals surface area contributed by atoms with Gasteiger partial charge in [0, 0.05) is 7.05 Å². The van der Waals surface area contributed by atoms with Gasteiger partial charge in [-0.1, -0.05) is 48.5 Å². The first-order valence-corrected chi connectivity index (χ1v) is 8.71. The van der Waals surface area contributed by atoms with E-state index in [9.17, 15) is 13.2 Å². The van der Waals surface area contributed by atoms with Gasteiger partial charge in [-0.05, 0) is 24.6 Å². The maximum Gasteiger partial charge on any atom is 0.264 e. The minimum absolute atomic E-state index is 0.123. The summed E-state index contributed by atoms with van der Waals surface area (Å²) in [5.74, 6) is -0.607. The summed E-state index contributed by atoms with van der Waals surface area (Å²) in [7, 11) is -2.32. The average molecular weight is 333 g/mol. The lowest BCUT2D eigenvalue weighted by Crippen LogP contribution is -2.39. The molecule has 23 heavy (non-hydrogen) atoms. The highest BCUT2D eigenvalue weighted by Crippen LogP contribution is 2.17. The van der Waals surface area contributed by atoms with Crippen molar-refractivity contribution in [3.63, 3.8) is 0 Å². The standard InChI is InChI=1S/C17H19NO4S/c1-14(23(20,21)16-11-7-4-8-12-16)17(19)18(2)22-13-15-9-5-3-6-10-15/h3-12,14H,13H2,1-2H3. The summed E-state index contributed by atoms with van der Waals surface area (Å²) in [5.41, 5.74) is 0.894. The number of sulfone groups is 1. The number of hydrogen-bond acceptors (Lipinski definition) is 4. The van der Waals surface area contributed by atoms with Gasteiger partial charge in [0.1, 0.15) is 11.9 Å². The first-order chi connectivity index (χ1) is 10.9. The summed E-state index contributed by atoms with van der Waals surface area (Å²) in [6.07, 6.45) is 0. The highest BCUT2D eigenvalue weighted by molar-refractivity contribution is 7.92. The molecule has 0 aromatic heterocycles. The molecule has 0 spiro atoms. The van der Waals surface area contributed by atoms with Crippen LogP contribution in [0.4, 0.5) is 0 Å². The second kappa shape index (κ2) is 7.39. The smallest absolute Gasteiger partial charge is 0.264 e. The minimum atomic E-state index is -3.74. The molecule has 2 aromatic carbocycles. The Bertz CT molecular complexity index is 745. The van der Waals surface area contributed by atoms with E-state index >= 15 is 0 Å². The third kappa shape index (κ3) is 4.18. The molecular weight excluding hydrogens is 314 g/mol. The number of benzene rings is 2. The van der Waals surface area contributed by atoms with Crippen LogP contribution in [0.2, 0.25) is 0 Å². The zero-order valence-corrected chi connectivity index (χ0v) is 13.9. The Kier molecular flexibility index (Phi) is 5.52. The number of hydrogen-bond donors (Lipinski definition) is 0. The molecule has 122 valence electrons. The van der Waals surface area contributed by atoms with Crippen molar-refractivity contribution in [3.8, 4) is 0 Å². The number of amides is 1. The fourth-order valence-electron chi connectivity index (χ4n) is 2.01. The number of hydroxylamine groups is 2. The molecule has 2 rings (SSSR count). The van der Waals surface area contributed by atoms with E-state index in [0.29, 0.717) is 0 Å². The van der Waals surface area contributed by atoms with Gasteiger partial charge in [-0.15, -0.1) is 0 Å². The Balaban J connectivity index is 2.04. The molecule has 1 atom stereocenters. The van der Waals surface area contributed by atoms with Crippen molar-refractivity contribution in [1.82, 2.24) is 5.06 Å². The van der Waals surface area contributed by atoms with Crippen molar-refractivity contribution in [2.24, 2.45) is 0 Å². The van der Waals surface area contributed by atoms with Gasteiger partial charge in [-0.2, -0.15) is 0 Å². The third-order valence-corrected chi connectivity index (χ3v) is 5.52. The van der Waals surface area contributed by atoms with E-state index in [1.807, 2.05) is 30.3 Å². The van der Waals surface area contributed by atoms with Crippen molar-refractivity contribution in [3.05, 3.63) is 66.2 Å². The van der Waals surface area contributed by atoms with Crippen LogP contribution in [0.5, 0.6) is 0 Å². The molecule has 0 heterocycles. The van der Waals surface area contributed by atoms with Crippen LogP contribution in [0.1, 0.15) is 12.5 Å². The number of carbonyl (C=O) groups excluding carboxylic acids is 1. The fourth-order valence-corrected chi connectivity index (χ4v) is 3.37. The number of rotatable bonds is 6. The van der Waals surface area contributed by atoms with Gasteiger partial charge in [-0.3, -0.25) is 9.63 Å². The SMILES string of the molecule is CC(C(=O)N(C)OCc1ccccc1)S(=O)(=O)c1ccccc1. The topological polar surface area (TPSA) is 63.7 Å². The third-order valence-electron chi connectivity index (χ3n) is 3.46.